The van der Waals surface area contributed by atoms with Crippen LogP contribution in [0.25, 0.3) is 0 Å². The van der Waals surface area contributed by atoms with Gasteiger partial charge in [-0.3, -0.25) is 4.79 Å². The number of benzene rings is 1. The number of amides is 1. The highest BCUT2D eigenvalue weighted by Crippen LogP contribution is 2.40. The van der Waals surface area contributed by atoms with Gasteiger partial charge in [-0.2, -0.15) is 9.57 Å². The van der Waals surface area contributed by atoms with E-state index in [1.807, 2.05) is 6.26 Å². The SMILES string of the molecule is CSc1nc(C2CC2)cc(C(=O)Nc2cccc(S(=O)(=O)N3CCCCCC3)c2)c1C#N. The number of sulfonamides is 1. The Bertz CT molecular complexity index is 1160. The fourth-order valence-electron chi connectivity index (χ4n) is 3.93. The van der Waals surface area contributed by atoms with Gasteiger partial charge in [0.05, 0.1) is 16.0 Å². The summed E-state index contributed by atoms with van der Waals surface area (Å²) < 4.78 is 27.8. The van der Waals surface area contributed by atoms with E-state index in [2.05, 4.69) is 16.4 Å². The third kappa shape index (κ3) is 4.82. The fraction of sp³-hybridized carbons (Fsp3) is 0.435. The normalized spacial score (nSPS) is 17.4. The van der Waals surface area contributed by atoms with Gasteiger partial charge in [-0.25, -0.2) is 13.4 Å². The second-order valence-electron chi connectivity index (χ2n) is 8.17. The Morgan fingerprint density at radius 3 is 2.53 bits per heavy atom. The maximum Gasteiger partial charge on any atom is 0.257 e. The number of thioether (sulfide) groups is 1. The number of hydrogen-bond donors (Lipinski definition) is 1. The zero-order valence-electron chi connectivity index (χ0n) is 18.0. The van der Waals surface area contributed by atoms with Gasteiger partial charge in [-0.15, -0.1) is 11.8 Å². The van der Waals surface area contributed by atoms with Gasteiger partial charge in [-0.05, 0) is 56.2 Å². The van der Waals surface area contributed by atoms with Crippen LogP contribution in [-0.2, 0) is 10.0 Å². The molecular weight excluding hydrogens is 444 g/mol. The number of anilines is 1. The first kappa shape index (κ1) is 22.8. The maximum atomic E-state index is 13.1. The molecule has 9 heteroatoms. The molecule has 0 radical (unpaired) electrons. The average Bonchev–Trinajstić information content (AvgIpc) is 3.65. The number of rotatable bonds is 6. The molecule has 0 spiro atoms. The Balaban J connectivity index is 1.61. The summed E-state index contributed by atoms with van der Waals surface area (Å²) in [7, 11) is -3.63. The van der Waals surface area contributed by atoms with E-state index in [1.165, 1.54) is 22.1 Å². The van der Waals surface area contributed by atoms with Crippen LogP contribution in [0.5, 0.6) is 0 Å². The van der Waals surface area contributed by atoms with Crippen molar-refractivity contribution in [2.75, 3.05) is 24.7 Å². The summed E-state index contributed by atoms with van der Waals surface area (Å²) >= 11 is 1.34. The monoisotopic (exact) mass is 470 g/mol. The second-order valence-corrected chi connectivity index (χ2v) is 10.9. The number of nitriles is 1. The lowest BCUT2D eigenvalue weighted by atomic mass is 10.1. The molecule has 2 heterocycles. The van der Waals surface area contributed by atoms with Crippen molar-refractivity contribution in [2.45, 2.75) is 54.4 Å². The highest BCUT2D eigenvalue weighted by Gasteiger charge is 2.29. The van der Waals surface area contributed by atoms with Crippen molar-refractivity contribution < 1.29 is 13.2 Å². The highest BCUT2D eigenvalue weighted by molar-refractivity contribution is 7.98. The Kier molecular flexibility index (Phi) is 6.84. The van der Waals surface area contributed by atoms with E-state index in [-0.39, 0.29) is 16.0 Å². The van der Waals surface area contributed by atoms with E-state index in [4.69, 9.17) is 0 Å². The molecule has 1 aliphatic carbocycles. The molecule has 2 aromatic rings. The topological polar surface area (TPSA) is 103 Å². The summed E-state index contributed by atoms with van der Waals surface area (Å²) in [6, 6.07) is 10.1. The van der Waals surface area contributed by atoms with Crippen molar-refractivity contribution >= 4 is 33.4 Å². The van der Waals surface area contributed by atoms with Gasteiger partial charge in [-0.1, -0.05) is 18.9 Å². The molecule has 1 amide bonds. The number of nitrogens with zero attached hydrogens (tertiary/aromatic N) is 3. The van der Waals surface area contributed by atoms with E-state index in [0.29, 0.717) is 29.7 Å². The molecule has 7 nitrogen and oxygen atoms in total. The van der Waals surface area contributed by atoms with Crippen LogP contribution in [0, 0.1) is 11.3 Å². The summed E-state index contributed by atoms with van der Waals surface area (Å²) in [5, 5.41) is 13.0. The second kappa shape index (κ2) is 9.61. The van der Waals surface area contributed by atoms with Gasteiger partial charge in [0.2, 0.25) is 10.0 Å². The van der Waals surface area contributed by atoms with Crippen LogP contribution < -0.4 is 5.32 Å². The lowest BCUT2D eigenvalue weighted by Gasteiger charge is -2.20. The number of pyridine rings is 1. The van der Waals surface area contributed by atoms with Crippen LogP contribution in [-0.4, -0.2) is 43.0 Å². The summed E-state index contributed by atoms with van der Waals surface area (Å²) in [6.45, 7) is 1.03. The molecule has 2 fully saturated rings. The molecule has 4 rings (SSSR count). The van der Waals surface area contributed by atoms with E-state index < -0.39 is 15.9 Å². The Morgan fingerprint density at radius 2 is 1.91 bits per heavy atom. The summed E-state index contributed by atoms with van der Waals surface area (Å²) in [5.41, 5.74) is 1.73. The molecule has 1 aromatic carbocycles. The molecule has 1 N–H and O–H groups in total. The zero-order chi connectivity index (χ0) is 22.7. The molecule has 1 saturated heterocycles. The Hall–Kier alpha value is -2.41. The first-order chi connectivity index (χ1) is 15.4. The zero-order valence-corrected chi connectivity index (χ0v) is 19.6. The van der Waals surface area contributed by atoms with Crippen LogP contribution in [0.2, 0.25) is 0 Å². The summed E-state index contributed by atoms with van der Waals surface area (Å²) in [5.74, 6) is -0.104. The number of carbonyl (C=O) groups is 1. The quantitative estimate of drug-likeness (QED) is 0.629. The molecule has 1 aromatic heterocycles. The minimum atomic E-state index is -3.63. The van der Waals surface area contributed by atoms with Crippen molar-refractivity contribution in [1.29, 1.82) is 5.26 Å². The van der Waals surface area contributed by atoms with E-state index in [9.17, 15) is 18.5 Å². The predicted molar refractivity (Wildman–Crippen MR) is 124 cm³/mol. The first-order valence-electron chi connectivity index (χ1n) is 10.8. The summed E-state index contributed by atoms with van der Waals surface area (Å²) in [6.07, 6.45) is 7.69. The molecule has 32 heavy (non-hydrogen) atoms. The van der Waals surface area contributed by atoms with Gasteiger partial charge in [0, 0.05) is 30.4 Å². The van der Waals surface area contributed by atoms with Crippen LogP contribution in [0.4, 0.5) is 5.69 Å². The first-order valence-corrected chi connectivity index (χ1v) is 13.5. The number of aromatic nitrogens is 1. The van der Waals surface area contributed by atoms with Crippen molar-refractivity contribution in [2.24, 2.45) is 0 Å². The van der Waals surface area contributed by atoms with Crippen molar-refractivity contribution in [3.05, 3.63) is 47.2 Å². The lowest BCUT2D eigenvalue weighted by Crippen LogP contribution is -2.32. The maximum absolute atomic E-state index is 13.1. The molecule has 1 saturated carbocycles. The number of carbonyl (C=O) groups excluding carboxylic acids is 1. The van der Waals surface area contributed by atoms with Crippen molar-refractivity contribution in [3.8, 4) is 6.07 Å². The number of nitrogens with one attached hydrogen (secondary N) is 1. The Morgan fingerprint density at radius 1 is 1.19 bits per heavy atom. The Labute approximate surface area is 193 Å². The third-order valence-electron chi connectivity index (χ3n) is 5.85. The van der Waals surface area contributed by atoms with Gasteiger partial charge < -0.3 is 5.32 Å². The molecule has 168 valence electrons. The average molecular weight is 471 g/mol. The third-order valence-corrected chi connectivity index (χ3v) is 8.42. The van der Waals surface area contributed by atoms with E-state index in [0.717, 1.165) is 44.2 Å². The molecule has 0 bridgehead atoms. The minimum Gasteiger partial charge on any atom is -0.322 e. The van der Waals surface area contributed by atoms with Gasteiger partial charge in [0.1, 0.15) is 11.1 Å². The van der Waals surface area contributed by atoms with Gasteiger partial charge in [0.15, 0.2) is 0 Å². The van der Waals surface area contributed by atoms with Gasteiger partial charge >= 0.3 is 0 Å². The molecule has 2 aliphatic rings. The van der Waals surface area contributed by atoms with Crippen LogP contribution in [0.1, 0.15) is 66.1 Å². The van der Waals surface area contributed by atoms with E-state index in [1.54, 1.807) is 24.3 Å². The summed E-state index contributed by atoms with van der Waals surface area (Å²) in [4.78, 5) is 17.8. The van der Waals surface area contributed by atoms with Crippen molar-refractivity contribution in [1.82, 2.24) is 9.29 Å². The molecular formula is C23H26N4O3S2. The van der Waals surface area contributed by atoms with Crippen molar-refractivity contribution in [3.63, 3.8) is 0 Å². The lowest BCUT2D eigenvalue weighted by molar-refractivity contribution is 0.102. The number of hydrogen-bond acceptors (Lipinski definition) is 6. The minimum absolute atomic E-state index is 0.163. The van der Waals surface area contributed by atoms with E-state index >= 15 is 0 Å². The van der Waals surface area contributed by atoms with Crippen LogP contribution in [0.15, 0.2) is 40.3 Å². The molecule has 0 atom stereocenters. The largest absolute Gasteiger partial charge is 0.322 e. The van der Waals surface area contributed by atoms with Crippen LogP contribution >= 0.6 is 11.8 Å². The van der Waals surface area contributed by atoms with Crippen LogP contribution in [0.3, 0.4) is 0 Å². The highest BCUT2D eigenvalue weighted by atomic mass is 32.2. The standard InChI is InChI=1S/C23H26N4O3S2/c1-31-23-20(15-24)19(14-21(26-23)16-9-10-16)22(28)25-17-7-6-8-18(13-17)32(29,30)27-11-4-2-3-5-12-27/h6-8,13-14,16H,2-5,9-12H2,1H3,(H,25,28). The molecule has 1 aliphatic heterocycles. The van der Waals surface area contributed by atoms with Gasteiger partial charge in [0.25, 0.3) is 5.91 Å². The smallest absolute Gasteiger partial charge is 0.257 e. The predicted octanol–water partition coefficient (Wildman–Crippen LogP) is 4.37. The fourth-order valence-corrected chi connectivity index (χ4v) is 6.05. The molecule has 0 unspecified atom stereocenters.